The van der Waals surface area contributed by atoms with E-state index >= 15 is 0 Å². The number of benzene rings is 1. The summed E-state index contributed by atoms with van der Waals surface area (Å²) in [5, 5.41) is 5.17. The molecule has 1 heterocycles. The van der Waals surface area contributed by atoms with E-state index in [-0.39, 0.29) is 12.5 Å². The first-order valence-electron chi connectivity index (χ1n) is 6.73. The molecule has 0 fully saturated rings. The predicted octanol–water partition coefficient (Wildman–Crippen LogP) is 2.53. The number of carbonyl (C=O) groups is 1. The number of hydrogen-bond donors (Lipinski definition) is 2. The van der Waals surface area contributed by atoms with Crippen LogP contribution in [0.15, 0.2) is 24.4 Å². The molecular weight excluding hydrogens is 274 g/mol. The van der Waals surface area contributed by atoms with Gasteiger partial charge in [0.05, 0.1) is 5.52 Å². The molecule has 108 valence electrons. The highest BCUT2D eigenvalue weighted by Crippen LogP contribution is 2.24. The van der Waals surface area contributed by atoms with Crippen LogP contribution in [0.4, 0.5) is 0 Å². The zero-order chi connectivity index (χ0) is 14.7. The lowest BCUT2D eigenvalue weighted by molar-refractivity contribution is -0.118. The summed E-state index contributed by atoms with van der Waals surface area (Å²) in [6, 6.07) is 5.72. The standard InChI is InChI=1S/C15H20ClN3O/c1-10(2)6-18-7-11-8-19(9-15(17)20)14-5-12(16)3-4-13(11)14/h3-5,8,10,18H,6-7,9H2,1-2H3,(H2,17,20). The lowest BCUT2D eigenvalue weighted by Gasteiger charge is -2.06. The van der Waals surface area contributed by atoms with Crippen LogP contribution >= 0.6 is 11.6 Å². The first-order chi connectivity index (χ1) is 9.47. The van der Waals surface area contributed by atoms with Crippen LogP contribution in [-0.2, 0) is 17.9 Å². The van der Waals surface area contributed by atoms with Crippen molar-refractivity contribution < 1.29 is 4.79 Å². The van der Waals surface area contributed by atoms with Crippen LogP contribution in [0.3, 0.4) is 0 Å². The van der Waals surface area contributed by atoms with Crippen LogP contribution in [0, 0.1) is 5.92 Å². The maximum Gasteiger partial charge on any atom is 0.237 e. The molecule has 20 heavy (non-hydrogen) atoms. The number of nitrogens with one attached hydrogen (secondary N) is 1. The van der Waals surface area contributed by atoms with Gasteiger partial charge in [-0.1, -0.05) is 31.5 Å². The number of nitrogens with zero attached hydrogens (tertiary/aromatic N) is 1. The Morgan fingerprint density at radius 1 is 1.45 bits per heavy atom. The molecular formula is C15H20ClN3O. The molecule has 2 rings (SSSR count). The molecule has 2 aromatic rings. The number of nitrogens with two attached hydrogens (primary N) is 1. The van der Waals surface area contributed by atoms with Crippen molar-refractivity contribution in [1.82, 2.24) is 9.88 Å². The number of carbonyl (C=O) groups excluding carboxylic acids is 1. The summed E-state index contributed by atoms with van der Waals surface area (Å²) in [5.41, 5.74) is 7.39. The Hall–Kier alpha value is -1.52. The van der Waals surface area contributed by atoms with Gasteiger partial charge in [0, 0.05) is 23.2 Å². The summed E-state index contributed by atoms with van der Waals surface area (Å²) < 4.78 is 1.86. The van der Waals surface area contributed by atoms with Crippen molar-refractivity contribution in [2.45, 2.75) is 26.9 Å². The normalized spacial score (nSPS) is 11.4. The largest absolute Gasteiger partial charge is 0.368 e. The third-order valence-electron chi connectivity index (χ3n) is 3.12. The van der Waals surface area contributed by atoms with Crippen molar-refractivity contribution >= 4 is 28.4 Å². The number of amides is 1. The van der Waals surface area contributed by atoms with E-state index < -0.39 is 0 Å². The Bertz CT molecular complexity index is 619. The number of fused-ring (bicyclic) bond motifs is 1. The predicted molar refractivity (Wildman–Crippen MR) is 82.7 cm³/mol. The average molecular weight is 294 g/mol. The Morgan fingerprint density at radius 3 is 2.85 bits per heavy atom. The number of halogens is 1. The highest BCUT2D eigenvalue weighted by Gasteiger charge is 2.10. The second-order valence-corrected chi connectivity index (χ2v) is 5.87. The monoisotopic (exact) mass is 293 g/mol. The summed E-state index contributed by atoms with van der Waals surface area (Å²) in [7, 11) is 0. The van der Waals surface area contributed by atoms with Crippen molar-refractivity contribution in [1.29, 1.82) is 0 Å². The summed E-state index contributed by atoms with van der Waals surface area (Å²) in [6.07, 6.45) is 1.97. The molecule has 0 saturated carbocycles. The van der Waals surface area contributed by atoms with Gasteiger partial charge in [-0.05, 0) is 30.2 Å². The van der Waals surface area contributed by atoms with Gasteiger partial charge in [0.25, 0.3) is 0 Å². The summed E-state index contributed by atoms with van der Waals surface area (Å²) in [6.45, 7) is 6.23. The van der Waals surface area contributed by atoms with Crippen molar-refractivity contribution in [3.05, 3.63) is 35.0 Å². The molecule has 1 aromatic carbocycles. The zero-order valence-corrected chi connectivity index (χ0v) is 12.6. The smallest absolute Gasteiger partial charge is 0.237 e. The Morgan fingerprint density at radius 2 is 2.20 bits per heavy atom. The lowest BCUT2D eigenvalue weighted by Crippen LogP contribution is -2.19. The van der Waals surface area contributed by atoms with Gasteiger partial charge < -0.3 is 15.6 Å². The van der Waals surface area contributed by atoms with Gasteiger partial charge in [0.15, 0.2) is 0 Å². The van der Waals surface area contributed by atoms with E-state index in [9.17, 15) is 4.79 Å². The van der Waals surface area contributed by atoms with Gasteiger partial charge in [-0.3, -0.25) is 4.79 Å². The van der Waals surface area contributed by atoms with E-state index in [1.807, 2.05) is 29.0 Å². The molecule has 0 aliphatic carbocycles. The first-order valence-corrected chi connectivity index (χ1v) is 7.11. The maximum absolute atomic E-state index is 11.2. The van der Waals surface area contributed by atoms with Gasteiger partial charge in [-0.2, -0.15) is 0 Å². The van der Waals surface area contributed by atoms with Crippen LogP contribution < -0.4 is 11.1 Å². The van der Waals surface area contributed by atoms with Crippen molar-refractivity contribution in [3.8, 4) is 0 Å². The van der Waals surface area contributed by atoms with Crippen LogP contribution in [0.2, 0.25) is 5.02 Å². The highest BCUT2D eigenvalue weighted by atomic mass is 35.5. The van der Waals surface area contributed by atoms with Crippen LogP contribution in [0.1, 0.15) is 19.4 Å². The SMILES string of the molecule is CC(C)CNCc1cn(CC(N)=O)c2cc(Cl)ccc12. The molecule has 0 unspecified atom stereocenters. The Labute approximate surface area is 123 Å². The minimum atomic E-state index is -0.358. The molecule has 0 aliphatic rings. The molecule has 0 aliphatic heterocycles. The number of hydrogen-bond acceptors (Lipinski definition) is 2. The Balaban J connectivity index is 2.32. The van der Waals surface area contributed by atoms with E-state index in [4.69, 9.17) is 17.3 Å². The van der Waals surface area contributed by atoms with Gasteiger partial charge in [0.2, 0.25) is 5.91 Å². The number of aromatic nitrogens is 1. The molecule has 4 nitrogen and oxygen atoms in total. The Kier molecular flexibility index (Phi) is 4.68. The zero-order valence-electron chi connectivity index (χ0n) is 11.8. The molecule has 5 heteroatoms. The van der Waals surface area contributed by atoms with Gasteiger partial charge in [0.1, 0.15) is 6.54 Å². The minimum Gasteiger partial charge on any atom is -0.368 e. The fourth-order valence-corrected chi connectivity index (χ4v) is 2.44. The topological polar surface area (TPSA) is 60.1 Å². The molecule has 0 atom stereocenters. The average Bonchev–Trinajstić information content (AvgIpc) is 2.66. The summed E-state index contributed by atoms with van der Waals surface area (Å²) in [5.74, 6) is 0.243. The fourth-order valence-electron chi connectivity index (χ4n) is 2.28. The molecule has 1 amide bonds. The van der Waals surface area contributed by atoms with E-state index in [1.165, 1.54) is 0 Å². The summed E-state index contributed by atoms with van der Waals surface area (Å²) >= 11 is 6.04. The second kappa shape index (κ2) is 6.29. The molecule has 0 bridgehead atoms. The molecule has 0 spiro atoms. The quantitative estimate of drug-likeness (QED) is 0.860. The van der Waals surface area contributed by atoms with Crippen LogP contribution in [-0.4, -0.2) is 17.0 Å². The van der Waals surface area contributed by atoms with Crippen molar-refractivity contribution in [2.24, 2.45) is 11.7 Å². The van der Waals surface area contributed by atoms with Crippen LogP contribution in [0.5, 0.6) is 0 Å². The highest BCUT2D eigenvalue weighted by molar-refractivity contribution is 6.31. The third kappa shape index (κ3) is 3.52. The molecule has 0 radical (unpaired) electrons. The van der Waals surface area contributed by atoms with E-state index in [0.29, 0.717) is 10.9 Å². The van der Waals surface area contributed by atoms with Gasteiger partial charge >= 0.3 is 0 Å². The minimum absolute atomic E-state index is 0.168. The summed E-state index contributed by atoms with van der Waals surface area (Å²) in [4.78, 5) is 11.2. The number of primary amides is 1. The molecule has 0 saturated heterocycles. The van der Waals surface area contributed by atoms with Crippen LogP contribution in [0.25, 0.3) is 10.9 Å². The third-order valence-corrected chi connectivity index (χ3v) is 3.36. The van der Waals surface area contributed by atoms with E-state index in [1.54, 1.807) is 0 Å². The van der Waals surface area contributed by atoms with E-state index in [2.05, 4.69) is 19.2 Å². The number of rotatable bonds is 6. The second-order valence-electron chi connectivity index (χ2n) is 5.43. The molecule has 1 aromatic heterocycles. The van der Waals surface area contributed by atoms with Gasteiger partial charge in [-0.15, -0.1) is 0 Å². The fraction of sp³-hybridized carbons (Fsp3) is 0.400. The lowest BCUT2D eigenvalue weighted by atomic mass is 10.1. The first kappa shape index (κ1) is 14.9. The maximum atomic E-state index is 11.2. The van der Waals surface area contributed by atoms with Gasteiger partial charge in [-0.25, -0.2) is 0 Å². The van der Waals surface area contributed by atoms with Crippen molar-refractivity contribution in [2.75, 3.05) is 6.54 Å². The van der Waals surface area contributed by atoms with Crippen molar-refractivity contribution in [3.63, 3.8) is 0 Å². The van der Waals surface area contributed by atoms with E-state index in [0.717, 1.165) is 29.6 Å². The molecule has 3 N–H and O–H groups in total.